The van der Waals surface area contributed by atoms with Crippen molar-refractivity contribution >= 4 is 56.3 Å². The number of piperidine rings is 1. The summed E-state index contributed by atoms with van der Waals surface area (Å²) in [5.41, 5.74) is 0.826. The molecular weight excluding hydrogens is 585 g/mol. The molecule has 5 rings (SSSR count). The summed E-state index contributed by atoms with van der Waals surface area (Å²) in [6, 6.07) is 8.05. The van der Waals surface area contributed by atoms with Crippen molar-refractivity contribution in [3.8, 4) is 5.88 Å². The van der Waals surface area contributed by atoms with E-state index >= 15 is 0 Å². The number of likely N-dealkylation sites (N-methyl/N-ethyl adjacent to an activating group) is 1. The molecule has 0 unspecified atom stereocenters. The molecule has 3 N–H and O–H groups in total. The fourth-order valence-corrected chi connectivity index (χ4v) is 5.88. The average molecular weight is 620 g/mol. The van der Waals surface area contributed by atoms with Crippen LogP contribution >= 0.6 is 11.6 Å². The lowest BCUT2D eigenvalue weighted by Crippen LogP contribution is -2.52. The Hall–Kier alpha value is -3.46. The Morgan fingerprint density at radius 2 is 1.69 bits per heavy atom. The third-order valence-corrected chi connectivity index (χ3v) is 8.27. The molecular formula is C27H35ClFN9O3S. The lowest BCUT2D eigenvalue weighted by Gasteiger charge is -2.42. The first kappa shape index (κ1) is 30.0. The molecule has 2 aliphatic heterocycles. The van der Waals surface area contributed by atoms with Gasteiger partial charge in [0, 0.05) is 51.4 Å². The number of nitrogens with one attached hydrogen (secondary N) is 3. The van der Waals surface area contributed by atoms with Crippen LogP contribution in [0.4, 0.5) is 39.0 Å². The smallest absolute Gasteiger partial charge is 0.239 e. The van der Waals surface area contributed by atoms with E-state index in [1.165, 1.54) is 18.3 Å². The van der Waals surface area contributed by atoms with E-state index in [2.05, 4.69) is 47.1 Å². The molecule has 0 amide bonds. The van der Waals surface area contributed by atoms with Gasteiger partial charge >= 0.3 is 0 Å². The van der Waals surface area contributed by atoms with Gasteiger partial charge in [-0.15, -0.1) is 0 Å². The zero-order chi connectivity index (χ0) is 29.9. The van der Waals surface area contributed by atoms with Gasteiger partial charge in [-0.05, 0) is 44.2 Å². The number of rotatable bonds is 9. The molecule has 0 bridgehead atoms. The van der Waals surface area contributed by atoms with Crippen molar-refractivity contribution in [3.05, 3.63) is 47.4 Å². The van der Waals surface area contributed by atoms with Crippen molar-refractivity contribution in [2.75, 3.05) is 79.9 Å². The minimum Gasteiger partial charge on any atom is -0.479 e. The van der Waals surface area contributed by atoms with Gasteiger partial charge in [-0.25, -0.2) is 17.8 Å². The van der Waals surface area contributed by atoms with Gasteiger partial charge in [0.1, 0.15) is 22.3 Å². The van der Waals surface area contributed by atoms with Crippen LogP contribution in [-0.4, -0.2) is 98.9 Å². The number of nitrogens with zero attached hydrogens (tertiary/aromatic N) is 6. The number of anilines is 6. The van der Waals surface area contributed by atoms with Crippen molar-refractivity contribution in [1.29, 1.82) is 0 Å². The van der Waals surface area contributed by atoms with Crippen molar-refractivity contribution in [2.24, 2.45) is 0 Å². The van der Waals surface area contributed by atoms with E-state index in [0.29, 0.717) is 17.6 Å². The average Bonchev–Trinajstić information content (AvgIpc) is 2.96. The van der Waals surface area contributed by atoms with Gasteiger partial charge in [0.05, 0.1) is 30.9 Å². The molecule has 2 aliphatic rings. The van der Waals surface area contributed by atoms with E-state index in [0.717, 1.165) is 70.3 Å². The highest BCUT2D eigenvalue weighted by Gasteiger charge is 2.27. The van der Waals surface area contributed by atoms with Gasteiger partial charge in [-0.1, -0.05) is 11.6 Å². The number of hydrogen-bond acceptors (Lipinski definition) is 11. The number of piperazine rings is 1. The van der Waals surface area contributed by atoms with Crippen LogP contribution < -0.4 is 25.0 Å². The second-order valence-electron chi connectivity index (χ2n) is 10.5. The maximum atomic E-state index is 13.8. The third-order valence-electron chi connectivity index (χ3n) is 7.40. The largest absolute Gasteiger partial charge is 0.479 e. The SMILES string of the molecule is COc1nc(N2CCC(N3CCN(C)CC3)CC2)ccc1Nc1ncc(Cl)c(Nc2ccc(F)cc2NS(C)(=O)=O)n1. The number of sulfonamides is 1. The first-order chi connectivity index (χ1) is 20.1. The van der Waals surface area contributed by atoms with Gasteiger partial charge < -0.3 is 25.2 Å². The summed E-state index contributed by atoms with van der Waals surface area (Å²) in [4.78, 5) is 20.7. The fourth-order valence-electron chi connectivity index (χ4n) is 5.18. The molecule has 2 fully saturated rings. The highest BCUT2D eigenvalue weighted by Crippen LogP contribution is 2.33. The standard InChI is InChI=1S/C27H35ClFN9O3S/c1-36-12-14-37(15-13-36)19-8-10-38(11-9-19)24-7-6-22(26(33-24)41-2)32-27-30-17-20(28)25(34-27)31-21-5-4-18(29)16-23(21)35-42(3,39)40/h4-7,16-17,19,35H,8-15H2,1-3H3,(H2,30,31,32,34). The Morgan fingerprint density at radius 3 is 2.38 bits per heavy atom. The molecule has 3 aromatic rings. The van der Waals surface area contributed by atoms with Gasteiger partial charge in [0.15, 0.2) is 5.82 Å². The molecule has 0 radical (unpaired) electrons. The van der Waals surface area contributed by atoms with Crippen LogP contribution in [0.2, 0.25) is 5.02 Å². The van der Waals surface area contributed by atoms with E-state index in [-0.39, 0.29) is 28.2 Å². The molecule has 226 valence electrons. The predicted molar refractivity (Wildman–Crippen MR) is 164 cm³/mol. The lowest BCUT2D eigenvalue weighted by atomic mass is 10.0. The zero-order valence-corrected chi connectivity index (χ0v) is 25.3. The van der Waals surface area contributed by atoms with Crippen LogP contribution in [0.3, 0.4) is 0 Å². The van der Waals surface area contributed by atoms with E-state index in [1.807, 2.05) is 12.1 Å². The monoisotopic (exact) mass is 619 g/mol. The van der Waals surface area contributed by atoms with Crippen molar-refractivity contribution in [3.63, 3.8) is 0 Å². The number of aromatic nitrogens is 3. The summed E-state index contributed by atoms with van der Waals surface area (Å²) in [7, 11) is 0.0710. The molecule has 2 saturated heterocycles. The number of halogens is 2. The van der Waals surface area contributed by atoms with Gasteiger partial charge in [-0.2, -0.15) is 9.97 Å². The van der Waals surface area contributed by atoms with Gasteiger partial charge in [0.25, 0.3) is 0 Å². The van der Waals surface area contributed by atoms with Gasteiger partial charge in [0.2, 0.25) is 21.9 Å². The number of methoxy groups -OCH3 is 1. The molecule has 0 atom stereocenters. The highest BCUT2D eigenvalue weighted by molar-refractivity contribution is 7.92. The Morgan fingerprint density at radius 1 is 0.976 bits per heavy atom. The second-order valence-corrected chi connectivity index (χ2v) is 12.6. The highest BCUT2D eigenvalue weighted by atomic mass is 35.5. The predicted octanol–water partition coefficient (Wildman–Crippen LogP) is 3.75. The van der Waals surface area contributed by atoms with Crippen LogP contribution in [0, 0.1) is 5.82 Å². The van der Waals surface area contributed by atoms with Crippen molar-refractivity contribution in [1.82, 2.24) is 24.8 Å². The molecule has 0 saturated carbocycles. The number of hydrogen-bond donors (Lipinski definition) is 3. The summed E-state index contributed by atoms with van der Waals surface area (Å²) in [6.45, 7) is 6.34. The van der Waals surface area contributed by atoms with Crippen molar-refractivity contribution < 1.29 is 17.5 Å². The lowest BCUT2D eigenvalue weighted by molar-refractivity contribution is 0.0981. The third kappa shape index (κ3) is 7.48. The molecule has 2 aromatic heterocycles. The Balaban J connectivity index is 1.27. The molecule has 1 aromatic carbocycles. The van der Waals surface area contributed by atoms with Crippen LogP contribution in [0.1, 0.15) is 12.8 Å². The minimum absolute atomic E-state index is 0.00992. The number of benzene rings is 1. The Bertz CT molecular complexity index is 1510. The molecule has 0 spiro atoms. The topological polar surface area (TPSA) is 128 Å². The fraction of sp³-hybridized carbons (Fsp3) is 0.444. The normalized spacial score (nSPS) is 17.2. The summed E-state index contributed by atoms with van der Waals surface area (Å²) in [5, 5.41) is 6.24. The van der Waals surface area contributed by atoms with Crippen LogP contribution in [0.15, 0.2) is 36.5 Å². The number of ether oxygens (including phenoxy) is 1. The van der Waals surface area contributed by atoms with Crippen LogP contribution in [-0.2, 0) is 10.0 Å². The maximum Gasteiger partial charge on any atom is 0.239 e. The molecule has 42 heavy (non-hydrogen) atoms. The molecule has 0 aliphatic carbocycles. The first-order valence-corrected chi connectivity index (χ1v) is 15.9. The van der Waals surface area contributed by atoms with E-state index in [1.54, 1.807) is 7.11 Å². The molecule has 4 heterocycles. The van der Waals surface area contributed by atoms with E-state index < -0.39 is 15.8 Å². The summed E-state index contributed by atoms with van der Waals surface area (Å²) in [5.74, 6) is 1.01. The summed E-state index contributed by atoms with van der Waals surface area (Å²) >= 11 is 6.32. The van der Waals surface area contributed by atoms with Crippen molar-refractivity contribution in [2.45, 2.75) is 18.9 Å². The first-order valence-electron chi connectivity index (χ1n) is 13.6. The zero-order valence-electron chi connectivity index (χ0n) is 23.8. The minimum atomic E-state index is -3.66. The molecule has 12 nitrogen and oxygen atoms in total. The molecule has 15 heteroatoms. The van der Waals surface area contributed by atoms with E-state index in [9.17, 15) is 12.8 Å². The summed E-state index contributed by atoms with van der Waals surface area (Å²) < 4.78 is 45.2. The Kier molecular flexibility index (Phi) is 9.16. The second kappa shape index (κ2) is 12.8. The van der Waals surface area contributed by atoms with Crippen LogP contribution in [0.25, 0.3) is 0 Å². The van der Waals surface area contributed by atoms with E-state index in [4.69, 9.17) is 21.3 Å². The van der Waals surface area contributed by atoms with Gasteiger partial charge in [-0.3, -0.25) is 9.62 Å². The summed E-state index contributed by atoms with van der Waals surface area (Å²) in [6.07, 6.45) is 4.56. The maximum absolute atomic E-state index is 13.8. The number of pyridine rings is 1. The van der Waals surface area contributed by atoms with Crippen LogP contribution in [0.5, 0.6) is 5.88 Å². The quantitative estimate of drug-likeness (QED) is 0.324. The Labute approximate surface area is 250 Å².